The summed E-state index contributed by atoms with van der Waals surface area (Å²) in [6.07, 6.45) is -2.84. The number of fused-ring (bicyclic) bond motifs is 1. The van der Waals surface area contributed by atoms with Crippen LogP contribution in [0.2, 0.25) is 0 Å². The van der Waals surface area contributed by atoms with Gasteiger partial charge in [0.1, 0.15) is 11.8 Å². The summed E-state index contributed by atoms with van der Waals surface area (Å²) in [5.41, 5.74) is 0.823. The largest absolute Gasteiger partial charge is 0.455 e. The molecule has 0 radical (unpaired) electrons. The van der Waals surface area contributed by atoms with Crippen LogP contribution in [0.15, 0.2) is 4.42 Å². The van der Waals surface area contributed by atoms with Gasteiger partial charge >= 0.3 is 6.18 Å². The Morgan fingerprint density at radius 1 is 1.30 bits per heavy atom. The molecule has 1 amide bonds. The number of furan rings is 1. The molecule has 1 aliphatic heterocycles. The van der Waals surface area contributed by atoms with Crippen LogP contribution in [0.3, 0.4) is 0 Å². The SMILES string of the molecule is Cc1c(C(=O)NCC(N2CCNCC2)C(F)(F)F)oc2c1C(=O)CCC2.Cl. The summed E-state index contributed by atoms with van der Waals surface area (Å²) in [5.74, 6) is -0.403. The van der Waals surface area contributed by atoms with Gasteiger partial charge in [-0.15, -0.1) is 12.4 Å². The van der Waals surface area contributed by atoms with Crippen LogP contribution in [0, 0.1) is 6.92 Å². The lowest BCUT2D eigenvalue weighted by Crippen LogP contribution is -2.57. The second kappa shape index (κ2) is 8.62. The van der Waals surface area contributed by atoms with Gasteiger partial charge in [0.05, 0.1) is 5.56 Å². The van der Waals surface area contributed by atoms with E-state index >= 15 is 0 Å². The molecule has 1 unspecified atom stereocenters. The molecule has 6 nitrogen and oxygen atoms in total. The summed E-state index contributed by atoms with van der Waals surface area (Å²) < 4.78 is 45.7. The maximum absolute atomic E-state index is 13.4. The maximum Gasteiger partial charge on any atom is 0.405 e. The van der Waals surface area contributed by atoms with Crippen molar-refractivity contribution in [3.8, 4) is 0 Å². The molecule has 1 fully saturated rings. The molecule has 0 aromatic carbocycles. The zero-order chi connectivity index (χ0) is 18.9. The number of nitrogens with zero attached hydrogens (tertiary/aromatic N) is 1. The van der Waals surface area contributed by atoms with Crippen molar-refractivity contribution in [2.24, 2.45) is 0 Å². The van der Waals surface area contributed by atoms with Crippen molar-refractivity contribution in [2.75, 3.05) is 32.7 Å². The van der Waals surface area contributed by atoms with Gasteiger partial charge in [0.2, 0.25) is 0 Å². The summed E-state index contributed by atoms with van der Waals surface area (Å²) in [6, 6.07) is -1.75. The first-order valence-electron chi connectivity index (χ1n) is 8.74. The van der Waals surface area contributed by atoms with Gasteiger partial charge in [-0.2, -0.15) is 13.2 Å². The first kappa shape index (κ1) is 21.7. The van der Waals surface area contributed by atoms with Gasteiger partial charge in [0.25, 0.3) is 5.91 Å². The van der Waals surface area contributed by atoms with E-state index in [0.29, 0.717) is 49.2 Å². The third-order valence-corrected chi connectivity index (χ3v) is 4.94. The van der Waals surface area contributed by atoms with Crippen molar-refractivity contribution in [3.05, 3.63) is 22.6 Å². The Morgan fingerprint density at radius 3 is 2.56 bits per heavy atom. The quantitative estimate of drug-likeness (QED) is 0.796. The van der Waals surface area contributed by atoms with Gasteiger partial charge in [-0.3, -0.25) is 14.5 Å². The monoisotopic (exact) mass is 409 g/mol. The number of alkyl halides is 3. The average Bonchev–Trinajstić information content (AvgIpc) is 2.93. The standard InChI is InChI=1S/C17H22F3N3O3.ClH/c1-10-14-11(24)3-2-4-12(14)26-15(10)16(25)22-9-13(17(18,19)20)23-7-5-21-6-8-23;/h13,21H,2-9H2,1H3,(H,22,25);1H. The second-order valence-corrected chi connectivity index (χ2v) is 6.68. The maximum atomic E-state index is 13.4. The van der Waals surface area contributed by atoms with E-state index in [1.54, 1.807) is 6.92 Å². The van der Waals surface area contributed by atoms with Crippen molar-refractivity contribution >= 4 is 24.1 Å². The summed E-state index contributed by atoms with van der Waals surface area (Å²) in [4.78, 5) is 25.7. The van der Waals surface area contributed by atoms with E-state index in [9.17, 15) is 22.8 Å². The van der Waals surface area contributed by atoms with Gasteiger partial charge in [0, 0.05) is 51.1 Å². The van der Waals surface area contributed by atoms with Gasteiger partial charge in [-0.05, 0) is 13.3 Å². The van der Waals surface area contributed by atoms with Crippen molar-refractivity contribution in [1.29, 1.82) is 0 Å². The number of halogens is 4. The van der Waals surface area contributed by atoms with E-state index in [4.69, 9.17) is 4.42 Å². The first-order valence-corrected chi connectivity index (χ1v) is 8.74. The third-order valence-electron chi connectivity index (χ3n) is 4.94. The Balaban J connectivity index is 0.00000261. The van der Waals surface area contributed by atoms with Crippen LogP contribution in [0.4, 0.5) is 13.2 Å². The van der Waals surface area contributed by atoms with Gasteiger partial charge in [-0.1, -0.05) is 0 Å². The van der Waals surface area contributed by atoms with Crippen molar-refractivity contribution in [1.82, 2.24) is 15.5 Å². The Hall–Kier alpha value is -1.58. The second-order valence-electron chi connectivity index (χ2n) is 6.68. The molecule has 27 heavy (non-hydrogen) atoms. The van der Waals surface area contributed by atoms with E-state index in [-0.39, 0.29) is 37.0 Å². The third kappa shape index (κ3) is 4.64. The average molecular weight is 410 g/mol. The molecule has 0 bridgehead atoms. The van der Waals surface area contributed by atoms with Crippen molar-refractivity contribution in [2.45, 2.75) is 38.4 Å². The molecule has 2 N–H and O–H groups in total. The van der Waals surface area contributed by atoms with Crippen LogP contribution in [-0.2, 0) is 6.42 Å². The number of carbonyl (C=O) groups is 2. The van der Waals surface area contributed by atoms with E-state index < -0.39 is 24.7 Å². The predicted molar refractivity (Wildman–Crippen MR) is 94.6 cm³/mol. The zero-order valence-electron chi connectivity index (χ0n) is 14.9. The summed E-state index contributed by atoms with van der Waals surface area (Å²) in [5, 5.41) is 5.35. The fourth-order valence-corrected chi connectivity index (χ4v) is 3.58. The topological polar surface area (TPSA) is 74.6 Å². The molecule has 1 aromatic heterocycles. The highest BCUT2D eigenvalue weighted by Crippen LogP contribution is 2.29. The number of hydrogen-bond donors (Lipinski definition) is 2. The fourth-order valence-electron chi connectivity index (χ4n) is 3.58. The minimum Gasteiger partial charge on any atom is -0.455 e. The van der Waals surface area contributed by atoms with E-state index in [0.717, 1.165) is 0 Å². The number of ketones is 1. The molecule has 2 heterocycles. The number of nitrogens with one attached hydrogen (secondary N) is 2. The number of hydrogen-bond acceptors (Lipinski definition) is 5. The summed E-state index contributed by atoms with van der Waals surface area (Å²) in [7, 11) is 0. The minimum absolute atomic E-state index is 0. The van der Waals surface area contributed by atoms with Crippen molar-refractivity contribution < 1.29 is 27.2 Å². The lowest BCUT2D eigenvalue weighted by atomic mass is 9.94. The van der Waals surface area contributed by atoms with E-state index in [1.165, 1.54) is 4.90 Å². The Kier molecular flexibility index (Phi) is 6.93. The van der Waals surface area contributed by atoms with Gasteiger partial charge in [-0.25, -0.2) is 0 Å². The number of carbonyl (C=O) groups excluding carboxylic acids is 2. The molecule has 1 atom stereocenters. The molecule has 1 aliphatic carbocycles. The lowest BCUT2D eigenvalue weighted by molar-refractivity contribution is -0.183. The van der Waals surface area contributed by atoms with Gasteiger partial charge < -0.3 is 15.1 Å². The van der Waals surface area contributed by atoms with Crippen LogP contribution in [-0.4, -0.2) is 61.5 Å². The number of piperazine rings is 1. The van der Waals surface area contributed by atoms with Gasteiger partial charge in [0.15, 0.2) is 11.5 Å². The Labute approximate surface area is 161 Å². The van der Waals surface area contributed by atoms with Crippen LogP contribution < -0.4 is 10.6 Å². The highest BCUT2D eigenvalue weighted by atomic mass is 35.5. The molecule has 2 aliphatic rings. The highest BCUT2D eigenvalue weighted by Gasteiger charge is 2.44. The van der Waals surface area contributed by atoms with Crippen LogP contribution in [0.1, 0.15) is 45.1 Å². The Bertz CT molecular complexity index is 700. The van der Waals surface area contributed by atoms with Crippen LogP contribution >= 0.6 is 12.4 Å². The fraction of sp³-hybridized carbons (Fsp3) is 0.647. The molecule has 1 saturated heterocycles. The number of aryl methyl sites for hydroxylation is 1. The smallest absolute Gasteiger partial charge is 0.405 e. The van der Waals surface area contributed by atoms with E-state index in [2.05, 4.69) is 10.6 Å². The first-order chi connectivity index (χ1) is 12.3. The van der Waals surface area contributed by atoms with Crippen LogP contribution in [0.25, 0.3) is 0 Å². The molecule has 152 valence electrons. The number of rotatable bonds is 4. The van der Waals surface area contributed by atoms with E-state index in [1.807, 2.05) is 0 Å². The van der Waals surface area contributed by atoms with Crippen LogP contribution in [0.5, 0.6) is 0 Å². The number of amides is 1. The predicted octanol–water partition coefficient (Wildman–Crippen LogP) is 2.09. The molecule has 0 spiro atoms. The molecule has 1 aromatic rings. The zero-order valence-corrected chi connectivity index (χ0v) is 15.8. The molecular formula is C17H23ClF3N3O3. The molecule has 10 heteroatoms. The minimum atomic E-state index is -4.45. The molecular weight excluding hydrogens is 387 g/mol. The summed E-state index contributed by atoms with van der Waals surface area (Å²) >= 11 is 0. The normalized spacial score (nSPS) is 19.2. The molecule has 3 rings (SSSR count). The Morgan fingerprint density at radius 2 is 1.96 bits per heavy atom. The lowest BCUT2D eigenvalue weighted by Gasteiger charge is -2.35. The summed E-state index contributed by atoms with van der Waals surface area (Å²) in [6.45, 7) is 2.53. The highest BCUT2D eigenvalue weighted by molar-refractivity contribution is 6.03. The number of Topliss-reactive ketones (excluding diaryl/α,β-unsaturated/α-hetero) is 1. The molecule has 0 saturated carbocycles. The van der Waals surface area contributed by atoms with Crippen molar-refractivity contribution in [3.63, 3.8) is 0 Å².